The summed E-state index contributed by atoms with van der Waals surface area (Å²) in [6.45, 7) is 1.43. The predicted molar refractivity (Wildman–Crippen MR) is 96.5 cm³/mol. The van der Waals surface area contributed by atoms with Gasteiger partial charge < -0.3 is 19.9 Å². The number of nitrogens with zero attached hydrogens (tertiary/aromatic N) is 1. The van der Waals surface area contributed by atoms with Crippen LogP contribution < -0.4 is 10.1 Å². The van der Waals surface area contributed by atoms with Gasteiger partial charge in [-0.1, -0.05) is 12.1 Å². The van der Waals surface area contributed by atoms with Crippen LogP contribution in [-0.4, -0.2) is 55.4 Å². The number of Topliss-reactive ketones (excluding diaryl/α,β-unsaturated/α-hetero) is 1. The molecule has 0 aliphatic carbocycles. The van der Waals surface area contributed by atoms with Crippen molar-refractivity contribution >= 4 is 33.5 Å². The lowest BCUT2D eigenvalue weighted by Gasteiger charge is -2.10. The second-order valence-electron chi connectivity index (χ2n) is 6.49. The van der Waals surface area contributed by atoms with Crippen molar-refractivity contribution in [2.75, 3.05) is 33.8 Å². The fourth-order valence-corrected chi connectivity index (χ4v) is 3.25. The molecule has 0 radical (unpaired) electrons. The Kier molecular flexibility index (Phi) is 3.69. The Balaban J connectivity index is 1.80. The summed E-state index contributed by atoms with van der Waals surface area (Å²) in [7, 11) is 3.93. The topological polar surface area (TPSA) is 74.4 Å². The van der Waals surface area contributed by atoms with Crippen molar-refractivity contribution in [2.45, 2.75) is 0 Å². The molecule has 2 aromatic carbocycles. The van der Waals surface area contributed by atoms with E-state index in [1.165, 1.54) is 0 Å². The first-order valence-corrected chi connectivity index (χ1v) is 8.22. The van der Waals surface area contributed by atoms with Gasteiger partial charge in [-0.05, 0) is 32.3 Å². The molecule has 128 valence electrons. The van der Waals surface area contributed by atoms with Gasteiger partial charge in [-0.15, -0.1) is 0 Å². The zero-order valence-electron chi connectivity index (χ0n) is 14.2. The highest BCUT2D eigenvalue weighted by molar-refractivity contribution is 6.20. The summed E-state index contributed by atoms with van der Waals surface area (Å²) >= 11 is 0. The van der Waals surface area contributed by atoms with E-state index in [9.17, 15) is 9.59 Å². The SMILES string of the molecule is CN(C)CCNC(=O)c1cccc2c1[nH]c1ccc3c(c12)OCC3=O. The molecule has 0 bridgehead atoms. The first kappa shape index (κ1) is 15.7. The van der Waals surface area contributed by atoms with Gasteiger partial charge in [0.05, 0.1) is 27.5 Å². The molecule has 0 atom stereocenters. The Morgan fingerprint density at radius 2 is 2.12 bits per heavy atom. The molecule has 0 spiro atoms. The number of aromatic amines is 1. The summed E-state index contributed by atoms with van der Waals surface area (Å²) in [5.74, 6) is 0.482. The molecule has 0 fully saturated rings. The lowest BCUT2D eigenvalue weighted by molar-refractivity contribution is 0.0948. The molecule has 3 aromatic rings. The number of ketones is 1. The van der Waals surface area contributed by atoms with Gasteiger partial charge in [-0.3, -0.25) is 9.59 Å². The van der Waals surface area contributed by atoms with E-state index in [1.54, 1.807) is 12.1 Å². The average Bonchev–Trinajstić information content (AvgIpc) is 3.14. The van der Waals surface area contributed by atoms with Crippen LogP contribution in [0.4, 0.5) is 0 Å². The minimum atomic E-state index is -0.118. The Morgan fingerprint density at radius 1 is 1.28 bits per heavy atom. The molecule has 1 aliphatic heterocycles. The van der Waals surface area contributed by atoms with E-state index in [4.69, 9.17) is 4.74 Å². The Labute approximate surface area is 144 Å². The molecule has 4 rings (SSSR count). The van der Waals surface area contributed by atoms with Gasteiger partial charge in [0.2, 0.25) is 5.78 Å². The van der Waals surface area contributed by atoms with Gasteiger partial charge in [-0.25, -0.2) is 0 Å². The number of para-hydroxylation sites is 1. The highest BCUT2D eigenvalue weighted by Crippen LogP contribution is 2.39. The maximum absolute atomic E-state index is 12.6. The van der Waals surface area contributed by atoms with Gasteiger partial charge in [0.1, 0.15) is 5.75 Å². The first-order valence-electron chi connectivity index (χ1n) is 8.22. The number of ether oxygens (including phenoxy) is 1. The third-order valence-corrected chi connectivity index (χ3v) is 4.49. The van der Waals surface area contributed by atoms with Gasteiger partial charge in [0.25, 0.3) is 5.91 Å². The molecule has 0 saturated carbocycles. The Hall–Kier alpha value is -2.86. The van der Waals surface area contributed by atoms with Crippen molar-refractivity contribution < 1.29 is 14.3 Å². The van der Waals surface area contributed by atoms with Crippen LogP contribution in [0.2, 0.25) is 0 Å². The number of fused-ring (bicyclic) bond motifs is 5. The largest absolute Gasteiger partial charge is 0.484 e. The molecule has 25 heavy (non-hydrogen) atoms. The number of amides is 1. The summed E-state index contributed by atoms with van der Waals surface area (Å²) in [4.78, 5) is 29.8. The average molecular weight is 337 g/mol. The normalized spacial score (nSPS) is 13.5. The number of hydrogen-bond donors (Lipinski definition) is 2. The number of hydrogen-bond acceptors (Lipinski definition) is 4. The number of nitrogens with one attached hydrogen (secondary N) is 2. The lowest BCUT2D eigenvalue weighted by Crippen LogP contribution is -2.31. The third-order valence-electron chi connectivity index (χ3n) is 4.49. The van der Waals surface area contributed by atoms with Crippen molar-refractivity contribution in [3.8, 4) is 5.75 Å². The third kappa shape index (κ3) is 2.55. The number of H-pyrrole nitrogens is 1. The van der Waals surface area contributed by atoms with E-state index in [2.05, 4.69) is 10.3 Å². The van der Waals surface area contributed by atoms with E-state index in [0.717, 1.165) is 28.4 Å². The van der Waals surface area contributed by atoms with Crippen LogP contribution in [0.5, 0.6) is 5.75 Å². The molecule has 1 aliphatic rings. The molecule has 6 nitrogen and oxygen atoms in total. The zero-order chi connectivity index (χ0) is 17.6. The minimum absolute atomic E-state index is 0.0103. The summed E-state index contributed by atoms with van der Waals surface area (Å²) in [5, 5.41) is 4.69. The number of carbonyl (C=O) groups excluding carboxylic acids is 2. The number of benzene rings is 2. The molecule has 1 amide bonds. The van der Waals surface area contributed by atoms with Gasteiger partial charge >= 0.3 is 0 Å². The van der Waals surface area contributed by atoms with Crippen LogP contribution in [-0.2, 0) is 0 Å². The summed E-state index contributed by atoms with van der Waals surface area (Å²) < 4.78 is 5.61. The van der Waals surface area contributed by atoms with Crippen molar-refractivity contribution in [3.05, 3.63) is 41.5 Å². The van der Waals surface area contributed by atoms with Crippen LogP contribution in [0.25, 0.3) is 21.8 Å². The summed E-state index contributed by atoms with van der Waals surface area (Å²) in [6, 6.07) is 9.24. The number of rotatable bonds is 4. The second-order valence-corrected chi connectivity index (χ2v) is 6.49. The van der Waals surface area contributed by atoms with Crippen molar-refractivity contribution in [2.24, 2.45) is 0 Å². The van der Waals surface area contributed by atoms with Crippen molar-refractivity contribution in [1.82, 2.24) is 15.2 Å². The first-order chi connectivity index (χ1) is 12.1. The second kappa shape index (κ2) is 5.89. The molecule has 0 saturated heterocycles. The molecule has 2 heterocycles. The number of carbonyl (C=O) groups is 2. The zero-order valence-corrected chi connectivity index (χ0v) is 14.2. The highest BCUT2D eigenvalue weighted by atomic mass is 16.5. The monoisotopic (exact) mass is 337 g/mol. The number of likely N-dealkylation sites (N-methyl/N-ethyl adjacent to an activating group) is 1. The minimum Gasteiger partial charge on any atom is -0.484 e. The molecular formula is C19H19N3O3. The van der Waals surface area contributed by atoms with Crippen LogP contribution in [0, 0.1) is 0 Å². The lowest BCUT2D eigenvalue weighted by atomic mass is 10.0. The fourth-order valence-electron chi connectivity index (χ4n) is 3.25. The highest BCUT2D eigenvalue weighted by Gasteiger charge is 2.26. The smallest absolute Gasteiger partial charge is 0.253 e. The van der Waals surface area contributed by atoms with Gasteiger partial charge in [0, 0.05) is 18.5 Å². The van der Waals surface area contributed by atoms with Crippen molar-refractivity contribution in [3.63, 3.8) is 0 Å². The van der Waals surface area contributed by atoms with Crippen LogP contribution in [0.15, 0.2) is 30.3 Å². The summed E-state index contributed by atoms with van der Waals surface area (Å²) in [5.41, 5.74) is 2.81. The molecule has 2 N–H and O–H groups in total. The number of aromatic nitrogens is 1. The molecular weight excluding hydrogens is 318 g/mol. The van der Waals surface area contributed by atoms with E-state index >= 15 is 0 Å². The summed E-state index contributed by atoms with van der Waals surface area (Å²) in [6.07, 6.45) is 0. The molecule has 0 unspecified atom stereocenters. The van der Waals surface area contributed by atoms with Crippen LogP contribution in [0.3, 0.4) is 0 Å². The van der Waals surface area contributed by atoms with Crippen LogP contribution >= 0.6 is 0 Å². The van der Waals surface area contributed by atoms with Gasteiger partial charge in [0.15, 0.2) is 6.61 Å². The van der Waals surface area contributed by atoms with Crippen molar-refractivity contribution in [1.29, 1.82) is 0 Å². The fraction of sp³-hybridized carbons (Fsp3) is 0.263. The molecule has 1 aromatic heterocycles. The quantitative estimate of drug-likeness (QED) is 0.765. The van der Waals surface area contributed by atoms with E-state index in [1.807, 2.05) is 37.2 Å². The van der Waals surface area contributed by atoms with Crippen LogP contribution in [0.1, 0.15) is 20.7 Å². The Morgan fingerprint density at radius 3 is 2.92 bits per heavy atom. The van der Waals surface area contributed by atoms with Gasteiger partial charge in [-0.2, -0.15) is 0 Å². The standard InChI is InChI=1S/C19H19N3O3/c1-22(2)9-8-20-19(24)13-5-3-4-12-16-14(21-17(12)13)7-6-11-15(23)10-25-18(11)16/h3-7,21H,8-10H2,1-2H3,(H,20,24). The van der Waals surface area contributed by atoms with E-state index < -0.39 is 0 Å². The maximum Gasteiger partial charge on any atom is 0.253 e. The predicted octanol–water partition coefficient (Wildman–Crippen LogP) is 2.19. The van der Waals surface area contributed by atoms with E-state index in [0.29, 0.717) is 23.4 Å². The Bertz CT molecular complexity index is 1000. The molecule has 6 heteroatoms. The maximum atomic E-state index is 12.6. The van der Waals surface area contributed by atoms with E-state index in [-0.39, 0.29) is 18.3 Å².